The van der Waals surface area contributed by atoms with Crippen molar-refractivity contribution in [3.05, 3.63) is 11.6 Å². The number of ketones is 1. The summed E-state index contributed by atoms with van der Waals surface area (Å²) in [6.07, 6.45) is 12.6. The third-order valence-electron chi connectivity index (χ3n) is 12.4. The zero-order valence-electron chi connectivity index (χ0n) is 21.2. The van der Waals surface area contributed by atoms with Gasteiger partial charge in [0.05, 0.1) is 6.10 Å². The SMILES string of the molecule is C[C@@H]1[C@@H](O)CC[C@]2(C)[C@H]3CC=C4[C@@H]5CC(C)(C)CC(=O)[C@]5(C)CC[C@@]4(C)[C@]3(C)CC[C@@H]12. The molecule has 0 unspecified atom stereocenters. The van der Waals surface area contributed by atoms with Crippen molar-refractivity contribution in [3.8, 4) is 0 Å². The average Bonchev–Trinajstić information content (AvgIpc) is 2.67. The molecule has 9 atom stereocenters. The molecule has 1 N–H and O–H groups in total. The number of hydrogen-bond donors (Lipinski definition) is 1. The lowest BCUT2D eigenvalue weighted by Gasteiger charge is -2.70. The van der Waals surface area contributed by atoms with Crippen LogP contribution in [0.15, 0.2) is 11.6 Å². The van der Waals surface area contributed by atoms with Crippen LogP contribution in [0.25, 0.3) is 0 Å². The van der Waals surface area contributed by atoms with Crippen molar-refractivity contribution in [1.29, 1.82) is 0 Å². The van der Waals surface area contributed by atoms with E-state index in [1.807, 2.05) is 0 Å². The highest BCUT2D eigenvalue weighted by molar-refractivity contribution is 5.87. The molecule has 5 aliphatic carbocycles. The minimum Gasteiger partial charge on any atom is -0.393 e. The first-order valence-corrected chi connectivity index (χ1v) is 13.2. The lowest BCUT2D eigenvalue weighted by Crippen LogP contribution is -2.63. The van der Waals surface area contributed by atoms with Crippen LogP contribution in [0.3, 0.4) is 0 Å². The average molecular weight is 427 g/mol. The van der Waals surface area contributed by atoms with Crippen molar-refractivity contribution in [2.24, 2.45) is 50.7 Å². The molecule has 5 aliphatic rings. The summed E-state index contributed by atoms with van der Waals surface area (Å²) >= 11 is 0. The van der Waals surface area contributed by atoms with Crippen LogP contribution >= 0.6 is 0 Å². The second-order valence-corrected chi connectivity index (χ2v) is 14.3. The molecular weight excluding hydrogens is 380 g/mol. The molecule has 2 nitrogen and oxygen atoms in total. The highest BCUT2D eigenvalue weighted by atomic mass is 16.3. The van der Waals surface area contributed by atoms with Gasteiger partial charge in [0, 0.05) is 11.8 Å². The van der Waals surface area contributed by atoms with Gasteiger partial charge in [-0.2, -0.15) is 0 Å². The summed E-state index contributed by atoms with van der Waals surface area (Å²) < 4.78 is 0. The predicted molar refractivity (Wildman–Crippen MR) is 126 cm³/mol. The van der Waals surface area contributed by atoms with E-state index < -0.39 is 0 Å². The van der Waals surface area contributed by atoms with Gasteiger partial charge in [-0.1, -0.05) is 60.1 Å². The van der Waals surface area contributed by atoms with E-state index in [0.717, 1.165) is 19.3 Å². The second-order valence-electron chi connectivity index (χ2n) is 14.3. The summed E-state index contributed by atoms with van der Waals surface area (Å²) in [7, 11) is 0. The summed E-state index contributed by atoms with van der Waals surface area (Å²) in [5.41, 5.74) is 2.48. The van der Waals surface area contributed by atoms with Crippen LogP contribution in [0, 0.1) is 50.7 Å². The first-order valence-electron chi connectivity index (χ1n) is 13.2. The maximum atomic E-state index is 13.4. The molecule has 0 amide bonds. The van der Waals surface area contributed by atoms with Crippen LogP contribution < -0.4 is 0 Å². The second kappa shape index (κ2) is 6.49. The molecular formula is C29H46O2. The Kier molecular flexibility index (Phi) is 4.64. The Balaban J connectivity index is 1.58. The summed E-state index contributed by atoms with van der Waals surface area (Å²) in [6.45, 7) is 17.0. The Labute approximate surface area is 190 Å². The molecule has 31 heavy (non-hydrogen) atoms. The Hall–Kier alpha value is -0.630. The molecule has 174 valence electrons. The molecule has 5 rings (SSSR count). The number of carbonyl (C=O) groups is 1. The summed E-state index contributed by atoms with van der Waals surface area (Å²) in [5, 5.41) is 10.6. The number of hydrogen-bond acceptors (Lipinski definition) is 2. The van der Waals surface area contributed by atoms with Crippen molar-refractivity contribution in [3.63, 3.8) is 0 Å². The lowest BCUT2D eigenvalue weighted by atomic mass is 9.34. The number of aliphatic hydroxyl groups excluding tert-OH is 1. The van der Waals surface area contributed by atoms with Gasteiger partial charge in [-0.15, -0.1) is 0 Å². The molecule has 0 aromatic rings. The van der Waals surface area contributed by atoms with Crippen molar-refractivity contribution < 1.29 is 9.90 Å². The standard InChI is InChI=1S/C29H46O2/c1-18-19-10-13-29(7)23(26(19,4)12-11-22(18)30)9-8-20-21-16-25(2,3)17-24(31)27(21,5)14-15-28(20,29)6/h8,18-19,21-23,30H,9-17H2,1-7H3/t18-,19-,21-,22-,23+,26-,27+,28+,29+/m0/s1. The topological polar surface area (TPSA) is 37.3 Å². The van der Waals surface area contributed by atoms with E-state index in [1.54, 1.807) is 5.57 Å². The minimum absolute atomic E-state index is 0.112. The van der Waals surface area contributed by atoms with Gasteiger partial charge in [-0.25, -0.2) is 0 Å². The highest BCUT2D eigenvalue weighted by Crippen LogP contribution is 2.74. The van der Waals surface area contributed by atoms with E-state index in [2.05, 4.69) is 54.5 Å². The van der Waals surface area contributed by atoms with Crippen molar-refractivity contribution in [1.82, 2.24) is 0 Å². The zero-order chi connectivity index (χ0) is 22.6. The lowest BCUT2D eigenvalue weighted by molar-refractivity contribution is -0.181. The van der Waals surface area contributed by atoms with Crippen LogP contribution in [0.2, 0.25) is 0 Å². The van der Waals surface area contributed by atoms with Crippen molar-refractivity contribution >= 4 is 5.78 Å². The normalized spacial score (nSPS) is 55.9. The largest absolute Gasteiger partial charge is 0.393 e. The van der Waals surface area contributed by atoms with Gasteiger partial charge in [0.2, 0.25) is 0 Å². The number of Topliss-reactive ketones (excluding diaryl/α,β-unsaturated/α-hetero) is 1. The van der Waals surface area contributed by atoms with Gasteiger partial charge < -0.3 is 5.11 Å². The minimum atomic E-state index is -0.144. The molecule has 0 bridgehead atoms. The fraction of sp³-hybridized carbons (Fsp3) is 0.897. The Morgan fingerprint density at radius 3 is 2.39 bits per heavy atom. The fourth-order valence-corrected chi connectivity index (χ4v) is 10.1. The fourth-order valence-electron chi connectivity index (χ4n) is 10.1. The van der Waals surface area contributed by atoms with Gasteiger partial charge in [0.1, 0.15) is 5.78 Å². The molecule has 0 radical (unpaired) electrons. The van der Waals surface area contributed by atoms with E-state index in [9.17, 15) is 9.90 Å². The van der Waals surface area contributed by atoms with Crippen LogP contribution in [0.4, 0.5) is 0 Å². The maximum Gasteiger partial charge on any atom is 0.139 e. The van der Waals surface area contributed by atoms with E-state index in [4.69, 9.17) is 0 Å². The Bertz CT molecular complexity index is 825. The van der Waals surface area contributed by atoms with Crippen LogP contribution in [0.5, 0.6) is 0 Å². The summed E-state index contributed by atoms with van der Waals surface area (Å²) in [4.78, 5) is 13.4. The van der Waals surface area contributed by atoms with Gasteiger partial charge in [-0.05, 0) is 96.7 Å². The first-order chi connectivity index (χ1) is 14.3. The molecule has 0 saturated heterocycles. The van der Waals surface area contributed by atoms with Crippen LogP contribution in [0.1, 0.15) is 106 Å². The van der Waals surface area contributed by atoms with Gasteiger partial charge >= 0.3 is 0 Å². The first kappa shape index (κ1) is 22.2. The third-order valence-corrected chi connectivity index (χ3v) is 12.4. The molecule has 0 heterocycles. The quantitative estimate of drug-likeness (QED) is 0.425. The van der Waals surface area contributed by atoms with E-state index >= 15 is 0 Å². The molecule has 4 saturated carbocycles. The molecule has 2 heteroatoms. The summed E-state index contributed by atoms with van der Waals surface area (Å²) in [5.74, 6) is 2.72. The molecule has 0 aromatic carbocycles. The predicted octanol–water partition coefficient (Wildman–Crippen LogP) is 6.96. The smallest absolute Gasteiger partial charge is 0.139 e. The van der Waals surface area contributed by atoms with Crippen LogP contribution in [-0.4, -0.2) is 17.0 Å². The molecule has 0 aliphatic heterocycles. The number of allylic oxidation sites excluding steroid dienone is 2. The van der Waals surface area contributed by atoms with E-state index in [0.29, 0.717) is 40.3 Å². The summed E-state index contributed by atoms with van der Waals surface area (Å²) in [6, 6.07) is 0. The number of fused-ring (bicyclic) bond motifs is 7. The number of carbonyl (C=O) groups excluding carboxylic acids is 1. The maximum absolute atomic E-state index is 13.4. The van der Waals surface area contributed by atoms with Crippen LogP contribution in [-0.2, 0) is 4.79 Å². The van der Waals surface area contributed by atoms with Crippen molar-refractivity contribution in [2.75, 3.05) is 0 Å². The number of rotatable bonds is 0. The van der Waals surface area contributed by atoms with Gasteiger partial charge in [-0.3, -0.25) is 4.79 Å². The van der Waals surface area contributed by atoms with Crippen molar-refractivity contribution in [2.45, 2.75) is 112 Å². The highest BCUT2D eigenvalue weighted by Gasteiger charge is 2.67. The molecule has 0 spiro atoms. The number of aliphatic hydroxyl groups is 1. The van der Waals surface area contributed by atoms with E-state index in [1.165, 1.54) is 38.5 Å². The van der Waals surface area contributed by atoms with Gasteiger partial charge in [0.15, 0.2) is 0 Å². The zero-order valence-corrected chi connectivity index (χ0v) is 21.2. The van der Waals surface area contributed by atoms with E-state index in [-0.39, 0.29) is 22.3 Å². The monoisotopic (exact) mass is 426 g/mol. The third kappa shape index (κ3) is 2.69. The molecule has 0 aromatic heterocycles. The Morgan fingerprint density at radius 2 is 1.68 bits per heavy atom. The molecule has 4 fully saturated rings. The van der Waals surface area contributed by atoms with Gasteiger partial charge in [0.25, 0.3) is 0 Å². The Morgan fingerprint density at radius 1 is 0.968 bits per heavy atom.